The van der Waals surface area contributed by atoms with Crippen molar-refractivity contribution in [2.45, 2.75) is 13.0 Å². The van der Waals surface area contributed by atoms with Gasteiger partial charge >= 0.3 is 0 Å². The molecule has 0 saturated carbocycles. The van der Waals surface area contributed by atoms with Crippen LogP contribution in [0.4, 0.5) is 5.69 Å². The zero-order valence-electron chi connectivity index (χ0n) is 13.1. The zero-order valence-corrected chi connectivity index (χ0v) is 13.1. The molecule has 0 fully saturated rings. The van der Waals surface area contributed by atoms with Gasteiger partial charge in [-0.2, -0.15) is 0 Å². The van der Waals surface area contributed by atoms with Gasteiger partial charge in [-0.25, -0.2) is 0 Å². The second-order valence-electron chi connectivity index (χ2n) is 5.96. The van der Waals surface area contributed by atoms with Crippen molar-refractivity contribution in [2.75, 3.05) is 4.90 Å². The average Bonchev–Trinajstić information content (AvgIpc) is 2.84. The van der Waals surface area contributed by atoms with Gasteiger partial charge in [-0.15, -0.1) is 0 Å². The molecule has 0 unspecified atom stereocenters. The van der Waals surface area contributed by atoms with Gasteiger partial charge in [-0.3, -0.25) is 4.79 Å². The summed E-state index contributed by atoms with van der Waals surface area (Å²) in [5, 5.41) is 0. The van der Waals surface area contributed by atoms with Crippen LogP contribution in [0, 0.1) is 0 Å². The van der Waals surface area contributed by atoms with Gasteiger partial charge in [0.05, 0.1) is 6.54 Å². The van der Waals surface area contributed by atoms with Crippen LogP contribution in [0.1, 0.15) is 27.2 Å². The maximum absolute atomic E-state index is 13.1. The number of anilines is 1. The molecule has 1 amide bonds. The Morgan fingerprint density at radius 2 is 1.65 bits per heavy atom. The number of aryl methyl sites for hydroxylation is 1. The smallest absolute Gasteiger partial charge is 0.258 e. The minimum Gasteiger partial charge on any atom is -0.354 e. The molecule has 3 heteroatoms. The highest BCUT2D eigenvalue weighted by Gasteiger charge is 2.25. The van der Waals surface area contributed by atoms with Crippen LogP contribution in [0.3, 0.4) is 0 Å². The predicted octanol–water partition coefficient (Wildman–Crippen LogP) is 3.78. The second-order valence-corrected chi connectivity index (χ2v) is 5.96. The van der Waals surface area contributed by atoms with E-state index in [0.29, 0.717) is 6.54 Å². The summed E-state index contributed by atoms with van der Waals surface area (Å²) in [6.45, 7) is 0.612. The van der Waals surface area contributed by atoms with E-state index in [0.717, 1.165) is 17.7 Å². The third-order valence-corrected chi connectivity index (χ3v) is 4.53. The highest BCUT2D eigenvalue weighted by Crippen LogP contribution is 2.31. The summed E-state index contributed by atoms with van der Waals surface area (Å²) >= 11 is 0. The Balaban J connectivity index is 1.84. The van der Waals surface area contributed by atoms with Crippen LogP contribution < -0.4 is 4.90 Å². The average molecular weight is 302 g/mol. The Hall–Kier alpha value is -2.81. The molecule has 23 heavy (non-hydrogen) atoms. The van der Waals surface area contributed by atoms with Crippen molar-refractivity contribution >= 4 is 11.6 Å². The highest BCUT2D eigenvalue weighted by atomic mass is 16.2. The largest absolute Gasteiger partial charge is 0.354 e. The molecule has 0 N–H and O–H groups in total. The number of amides is 1. The number of carbonyl (C=O) groups is 1. The quantitative estimate of drug-likeness (QED) is 0.671. The van der Waals surface area contributed by atoms with E-state index in [2.05, 4.69) is 29.9 Å². The topological polar surface area (TPSA) is 25.2 Å². The monoisotopic (exact) mass is 302 g/mol. The fourth-order valence-electron chi connectivity index (χ4n) is 3.27. The molecule has 3 nitrogen and oxygen atoms in total. The van der Waals surface area contributed by atoms with Crippen molar-refractivity contribution < 1.29 is 4.79 Å². The molecule has 0 spiro atoms. The Kier molecular flexibility index (Phi) is 3.27. The van der Waals surface area contributed by atoms with Crippen LogP contribution in [0.15, 0.2) is 66.9 Å². The molecule has 0 radical (unpaired) electrons. The fraction of sp³-hybridized carbons (Fsp3) is 0.150. The molecule has 114 valence electrons. The van der Waals surface area contributed by atoms with Crippen molar-refractivity contribution in [3.8, 4) is 0 Å². The number of hydrogen-bond acceptors (Lipinski definition) is 1. The summed E-state index contributed by atoms with van der Waals surface area (Å²) in [4.78, 5) is 15.0. The van der Waals surface area contributed by atoms with E-state index >= 15 is 0 Å². The van der Waals surface area contributed by atoms with Crippen molar-refractivity contribution in [3.63, 3.8) is 0 Å². The van der Waals surface area contributed by atoms with Crippen LogP contribution in [-0.2, 0) is 20.0 Å². The van der Waals surface area contributed by atoms with Gasteiger partial charge in [0.1, 0.15) is 0 Å². The number of fused-ring (bicyclic) bond motifs is 2. The Morgan fingerprint density at radius 3 is 2.48 bits per heavy atom. The number of aromatic nitrogens is 1. The first-order valence-corrected chi connectivity index (χ1v) is 7.82. The Labute approximate surface area is 135 Å². The van der Waals surface area contributed by atoms with E-state index in [-0.39, 0.29) is 5.91 Å². The summed E-state index contributed by atoms with van der Waals surface area (Å²) in [6, 6.07) is 19.8. The Bertz CT molecular complexity index is 864. The van der Waals surface area contributed by atoms with Crippen LogP contribution in [0.5, 0.6) is 0 Å². The number of para-hydroxylation sites is 1. The molecule has 4 rings (SSSR count). The Morgan fingerprint density at radius 1 is 0.913 bits per heavy atom. The van der Waals surface area contributed by atoms with E-state index < -0.39 is 0 Å². The standard InChI is InChI=1S/C20H18N2O/c1-21-12-11-17-14-22(20(23)15-7-3-2-4-8-15)18-10-6-5-9-16(18)13-19(17)21/h2-12H,13-14H2,1H3. The number of nitrogens with zero attached hydrogens (tertiary/aromatic N) is 2. The molecule has 2 heterocycles. The summed E-state index contributed by atoms with van der Waals surface area (Å²) in [5.41, 5.74) is 5.42. The van der Waals surface area contributed by atoms with Gasteiger partial charge in [0, 0.05) is 36.6 Å². The molecule has 1 aliphatic heterocycles. The minimum atomic E-state index is 0.0507. The van der Waals surface area contributed by atoms with E-state index in [1.54, 1.807) is 0 Å². The summed E-state index contributed by atoms with van der Waals surface area (Å²) < 4.78 is 2.16. The second kappa shape index (κ2) is 5.43. The lowest BCUT2D eigenvalue weighted by molar-refractivity contribution is 0.0985. The van der Waals surface area contributed by atoms with Crippen molar-refractivity contribution in [2.24, 2.45) is 7.05 Å². The van der Waals surface area contributed by atoms with Crippen LogP contribution in [0.2, 0.25) is 0 Å². The van der Waals surface area contributed by atoms with Crippen LogP contribution >= 0.6 is 0 Å². The third-order valence-electron chi connectivity index (χ3n) is 4.53. The van der Waals surface area contributed by atoms with E-state index in [4.69, 9.17) is 0 Å². The summed E-state index contributed by atoms with van der Waals surface area (Å²) in [5.74, 6) is 0.0507. The highest BCUT2D eigenvalue weighted by molar-refractivity contribution is 6.06. The molecule has 1 aromatic heterocycles. The first kappa shape index (κ1) is 13.8. The first-order valence-electron chi connectivity index (χ1n) is 7.82. The number of carbonyl (C=O) groups excluding carboxylic acids is 1. The van der Waals surface area contributed by atoms with Crippen molar-refractivity contribution in [1.82, 2.24) is 4.57 Å². The fourth-order valence-corrected chi connectivity index (χ4v) is 3.27. The normalized spacial score (nSPS) is 13.2. The van der Waals surface area contributed by atoms with Gasteiger partial charge in [-0.1, -0.05) is 36.4 Å². The van der Waals surface area contributed by atoms with E-state index in [1.807, 2.05) is 53.4 Å². The summed E-state index contributed by atoms with van der Waals surface area (Å²) in [6.07, 6.45) is 2.93. The molecular weight excluding hydrogens is 284 g/mol. The lowest BCUT2D eigenvalue weighted by Crippen LogP contribution is -2.30. The molecular formula is C20H18N2O. The zero-order chi connectivity index (χ0) is 15.8. The SMILES string of the molecule is Cn1ccc2c1Cc1ccccc1N(C(=O)c1ccccc1)C2. The molecule has 3 aromatic rings. The maximum atomic E-state index is 13.1. The molecule has 0 atom stereocenters. The lowest BCUT2D eigenvalue weighted by atomic mass is 10.1. The minimum absolute atomic E-state index is 0.0507. The number of hydrogen-bond donors (Lipinski definition) is 0. The van der Waals surface area contributed by atoms with E-state index in [9.17, 15) is 4.79 Å². The van der Waals surface area contributed by atoms with Gasteiger partial charge < -0.3 is 9.47 Å². The van der Waals surface area contributed by atoms with E-state index in [1.165, 1.54) is 16.8 Å². The molecule has 0 aliphatic carbocycles. The van der Waals surface area contributed by atoms with Crippen molar-refractivity contribution in [1.29, 1.82) is 0 Å². The van der Waals surface area contributed by atoms with Gasteiger partial charge in [0.15, 0.2) is 0 Å². The molecule has 2 aromatic carbocycles. The number of rotatable bonds is 1. The molecule has 1 aliphatic rings. The first-order chi connectivity index (χ1) is 11.2. The molecule has 0 saturated heterocycles. The maximum Gasteiger partial charge on any atom is 0.258 e. The molecule has 0 bridgehead atoms. The third kappa shape index (κ3) is 2.34. The van der Waals surface area contributed by atoms with Crippen molar-refractivity contribution in [3.05, 3.63) is 89.2 Å². The van der Waals surface area contributed by atoms with Gasteiger partial charge in [-0.05, 0) is 35.4 Å². The summed E-state index contributed by atoms with van der Waals surface area (Å²) in [7, 11) is 2.07. The van der Waals surface area contributed by atoms with Crippen LogP contribution in [-0.4, -0.2) is 10.5 Å². The van der Waals surface area contributed by atoms with Crippen LogP contribution in [0.25, 0.3) is 0 Å². The van der Waals surface area contributed by atoms with Gasteiger partial charge in [0.25, 0.3) is 5.91 Å². The predicted molar refractivity (Wildman–Crippen MR) is 91.6 cm³/mol. The van der Waals surface area contributed by atoms with Gasteiger partial charge in [0.2, 0.25) is 0 Å². The lowest BCUT2D eigenvalue weighted by Gasteiger charge is -2.23. The number of benzene rings is 2.